The molecule has 3 rings (SSSR count). The highest BCUT2D eigenvalue weighted by Gasteiger charge is 2.23. The zero-order valence-corrected chi connectivity index (χ0v) is 16.7. The number of benzene rings is 2. The smallest absolute Gasteiger partial charge is 0.308 e. The van der Waals surface area contributed by atoms with E-state index in [1.54, 1.807) is 36.4 Å². The third-order valence-electron chi connectivity index (χ3n) is 4.58. The molecule has 7 nitrogen and oxygen atoms in total. The largest absolute Gasteiger partial charge is 0.496 e. The number of nitrogens with one attached hydrogen (secondary N) is 1. The van der Waals surface area contributed by atoms with Gasteiger partial charge in [-0.05, 0) is 54.4 Å². The summed E-state index contributed by atoms with van der Waals surface area (Å²) in [6.07, 6.45) is 3.86. The summed E-state index contributed by atoms with van der Waals surface area (Å²) < 4.78 is 34.7. The number of hydrogen-bond donors (Lipinski definition) is 2. The van der Waals surface area contributed by atoms with Gasteiger partial charge in [0.15, 0.2) is 0 Å². The molecule has 1 unspecified atom stereocenters. The summed E-state index contributed by atoms with van der Waals surface area (Å²) in [5.74, 6) is -1.44. The maximum absolute atomic E-state index is 12.6. The molecule has 0 radical (unpaired) electrons. The molecule has 0 spiro atoms. The number of hydrogen-bond acceptors (Lipinski definition) is 4. The van der Waals surface area contributed by atoms with E-state index in [1.165, 1.54) is 19.2 Å². The summed E-state index contributed by atoms with van der Waals surface area (Å²) in [5.41, 5.74) is 1.53. The number of aromatic nitrogens is 1. The lowest BCUT2D eigenvalue weighted by Gasteiger charge is -2.16. The van der Waals surface area contributed by atoms with Crippen molar-refractivity contribution in [3.63, 3.8) is 0 Å². The van der Waals surface area contributed by atoms with Gasteiger partial charge in [0.2, 0.25) is 10.0 Å². The molecule has 2 aromatic carbocycles. The van der Waals surface area contributed by atoms with Gasteiger partial charge in [0.1, 0.15) is 5.75 Å². The zero-order chi connectivity index (χ0) is 20.9. The fourth-order valence-electron chi connectivity index (χ4n) is 2.98. The second-order valence-corrected chi connectivity index (χ2v) is 8.25. The molecule has 0 aliphatic rings. The lowest BCUT2D eigenvalue weighted by molar-refractivity contribution is -0.141. The Balaban J connectivity index is 1.70. The lowest BCUT2D eigenvalue weighted by atomic mass is 9.99. The van der Waals surface area contributed by atoms with E-state index in [2.05, 4.69) is 4.72 Å². The highest BCUT2D eigenvalue weighted by atomic mass is 32.2. The minimum absolute atomic E-state index is 0.0786. The van der Waals surface area contributed by atoms with Crippen LogP contribution in [-0.2, 0) is 21.2 Å². The predicted molar refractivity (Wildman–Crippen MR) is 109 cm³/mol. The molecular formula is C21H22N2O5S. The number of rotatable bonds is 9. The molecule has 0 saturated heterocycles. The molecule has 1 atom stereocenters. The van der Waals surface area contributed by atoms with Crippen molar-refractivity contribution >= 4 is 16.0 Å². The van der Waals surface area contributed by atoms with E-state index in [0.717, 1.165) is 5.69 Å². The molecule has 1 aromatic heterocycles. The lowest BCUT2D eigenvalue weighted by Crippen LogP contribution is -2.34. The number of para-hydroxylation sites is 1. The average molecular weight is 414 g/mol. The first-order chi connectivity index (χ1) is 13.9. The topological polar surface area (TPSA) is 97.6 Å². The van der Waals surface area contributed by atoms with Gasteiger partial charge < -0.3 is 14.4 Å². The van der Waals surface area contributed by atoms with Gasteiger partial charge in [0, 0.05) is 24.6 Å². The molecular weight excluding hydrogens is 392 g/mol. The van der Waals surface area contributed by atoms with Crippen LogP contribution < -0.4 is 9.46 Å². The SMILES string of the molecule is COc1ccccc1CC(CNS(=O)(=O)c1ccc(-n2cccc2)cc1)C(=O)O. The van der Waals surface area contributed by atoms with E-state index in [1.807, 2.05) is 29.1 Å². The van der Waals surface area contributed by atoms with Crippen molar-refractivity contribution in [1.82, 2.24) is 9.29 Å². The third kappa shape index (κ3) is 5.04. The van der Waals surface area contributed by atoms with Crippen LogP contribution in [0.5, 0.6) is 5.75 Å². The first-order valence-electron chi connectivity index (χ1n) is 8.98. The Kier molecular flexibility index (Phi) is 6.36. The Morgan fingerprint density at radius 2 is 1.72 bits per heavy atom. The van der Waals surface area contributed by atoms with Crippen molar-refractivity contribution in [2.45, 2.75) is 11.3 Å². The molecule has 3 aromatic rings. The number of aliphatic carboxylic acids is 1. The second kappa shape index (κ2) is 8.93. The predicted octanol–water partition coefficient (Wildman–Crippen LogP) is 2.71. The molecule has 0 saturated carbocycles. The maximum Gasteiger partial charge on any atom is 0.308 e. The van der Waals surface area contributed by atoms with Gasteiger partial charge in [-0.15, -0.1) is 0 Å². The first kappa shape index (κ1) is 20.6. The van der Waals surface area contributed by atoms with Crippen LogP contribution in [0.2, 0.25) is 0 Å². The van der Waals surface area contributed by atoms with Crippen molar-refractivity contribution in [2.24, 2.45) is 5.92 Å². The van der Waals surface area contributed by atoms with Crippen molar-refractivity contribution in [3.8, 4) is 11.4 Å². The second-order valence-electron chi connectivity index (χ2n) is 6.49. The molecule has 8 heteroatoms. The zero-order valence-electron chi connectivity index (χ0n) is 15.9. The Labute approximate surface area is 169 Å². The summed E-state index contributed by atoms with van der Waals surface area (Å²) in [5, 5.41) is 9.53. The fourth-order valence-corrected chi connectivity index (χ4v) is 4.06. The summed E-state index contributed by atoms with van der Waals surface area (Å²) in [6.45, 7) is -0.227. The Bertz CT molecular complexity index is 1060. The summed E-state index contributed by atoms with van der Waals surface area (Å²) in [6, 6.07) is 17.2. The molecule has 152 valence electrons. The van der Waals surface area contributed by atoms with Crippen molar-refractivity contribution in [1.29, 1.82) is 0 Å². The third-order valence-corrected chi connectivity index (χ3v) is 6.02. The van der Waals surface area contributed by atoms with Gasteiger partial charge in [-0.1, -0.05) is 18.2 Å². The summed E-state index contributed by atoms with van der Waals surface area (Å²) in [7, 11) is -2.33. The summed E-state index contributed by atoms with van der Waals surface area (Å²) in [4.78, 5) is 11.7. The van der Waals surface area contributed by atoms with E-state index in [0.29, 0.717) is 11.3 Å². The number of sulfonamides is 1. The van der Waals surface area contributed by atoms with Gasteiger partial charge in [0.25, 0.3) is 0 Å². The molecule has 0 aliphatic heterocycles. The minimum atomic E-state index is -3.84. The van der Waals surface area contributed by atoms with Crippen molar-refractivity contribution in [2.75, 3.05) is 13.7 Å². The normalized spacial score (nSPS) is 12.4. The van der Waals surface area contributed by atoms with Crippen LogP contribution in [0.25, 0.3) is 5.69 Å². The van der Waals surface area contributed by atoms with Crippen LogP contribution in [-0.4, -0.2) is 37.7 Å². The molecule has 0 fully saturated rings. The fraction of sp³-hybridized carbons (Fsp3) is 0.190. The monoisotopic (exact) mass is 414 g/mol. The van der Waals surface area contributed by atoms with Gasteiger partial charge >= 0.3 is 5.97 Å². The van der Waals surface area contributed by atoms with E-state index >= 15 is 0 Å². The van der Waals surface area contributed by atoms with Crippen LogP contribution in [0, 0.1) is 5.92 Å². The highest BCUT2D eigenvalue weighted by Crippen LogP contribution is 2.21. The van der Waals surface area contributed by atoms with Gasteiger partial charge in [0.05, 0.1) is 17.9 Å². The quantitative estimate of drug-likeness (QED) is 0.561. The highest BCUT2D eigenvalue weighted by molar-refractivity contribution is 7.89. The standard InChI is InChI=1S/C21H22N2O5S/c1-28-20-7-3-2-6-16(20)14-17(21(24)25)15-22-29(26,27)19-10-8-18(9-11-19)23-12-4-5-13-23/h2-13,17,22H,14-15H2,1H3,(H,24,25). The molecule has 29 heavy (non-hydrogen) atoms. The first-order valence-corrected chi connectivity index (χ1v) is 10.5. The van der Waals surface area contributed by atoms with Gasteiger partial charge in [-0.3, -0.25) is 4.79 Å². The van der Waals surface area contributed by atoms with E-state index in [-0.39, 0.29) is 17.9 Å². The van der Waals surface area contributed by atoms with Crippen LogP contribution in [0.1, 0.15) is 5.56 Å². The van der Waals surface area contributed by atoms with Gasteiger partial charge in [-0.25, -0.2) is 13.1 Å². The van der Waals surface area contributed by atoms with E-state index < -0.39 is 21.9 Å². The van der Waals surface area contributed by atoms with E-state index in [9.17, 15) is 18.3 Å². The van der Waals surface area contributed by atoms with Crippen LogP contribution in [0.3, 0.4) is 0 Å². The van der Waals surface area contributed by atoms with E-state index in [4.69, 9.17) is 4.74 Å². The number of ether oxygens (including phenoxy) is 1. The molecule has 1 heterocycles. The number of nitrogens with zero attached hydrogens (tertiary/aromatic N) is 1. The number of methoxy groups -OCH3 is 1. The van der Waals surface area contributed by atoms with Crippen molar-refractivity contribution < 1.29 is 23.1 Å². The molecule has 0 aliphatic carbocycles. The Hall–Kier alpha value is -3.10. The number of carboxylic acids is 1. The molecule has 0 amide bonds. The minimum Gasteiger partial charge on any atom is -0.496 e. The van der Waals surface area contributed by atoms with Crippen LogP contribution >= 0.6 is 0 Å². The number of carboxylic acid groups (broad SMARTS) is 1. The molecule has 2 N–H and O–H groups in total. The molecule has 0 bridgehead atoms. The van der Waals surface area contributed by atoms with Crippen LogP contribution in [0.15, 0.2) is 78.0 Å². The van der Waals surface area contributed by atoms with Gasteiger partial charge in [-0.2, -0.15) is 0 Å². The number of carbonyl (C=O) groups is 1. The Morgan fingerprint density at radius 3 is 2.34 bits per heavy atom. The van der Waals surface area contributed by atoms with Crippen molar-refractivity contribution in [3.05, 3.63) is 78.6 Å². The maximum atomic E-state index is 12.6. The summed E-state index contributed by atoms with van der Waals surface area (Å²) >= 11 is 0. The average Bonchev–Trinajstić information content (AvgIpc) is 3.26. The van der Waals surface area contributed by atoms with Crippen LogP contribution in [0.4, 0.5) is 0 Å². The Morgan fingerprint density at radius 1 is 1.07 bits per heavy atom.